The number of anilines is 1. The Hall–Kier alpha value is -3.69. The van der Waals surface area contributed by atoms with Gasteiger partial charge in [0.25, 0.3) is 0 Å². The van der Waals surface area contributed by atoms with Crippen LogP contribution in [0.4, 0.5) is 5.69 Å². The number of amides is 2. The molecule has 0 bridgehead atoms. The molecule has 0 spiro atoms. The molecule has 1 N–H and O–H groups in total. The summed E-state index contributed by atoms with van der Waals surface area (Å²) in [6.45, 7) is 5.09. The van der Waals surface area contributed by atoms with Crippen molar-refractivity contribution in [2.75, 3.05) is 25.1 Å². The van der Waals surface area contributed by atoms with Crippen molar-refractivity contribution in [3.63, 3.8) is 0 Å². The second-order valence-electron chi connectivity index (χ2n) is 9.34. The number of nitrogens with one attached hydrogen (secondary N) is 1. The van der Waals surface area contributed by atoms with Gasteiger partial charge in [-0.15, -0.1) is 0 Å². The summed E-state index contributed by atoms with van der Waals surface area (Å²) in [5.41, 5.74) is 1.80. The fourth-order valence-electron chi connectivity index (χ4n) is 4.55. The third kappa shape index (κ3) is 5.10. The normalized spacial score (nSPS) is 18.5. The summed E-state index contributed by atoms with van der Waals surface area (Å²) in [4.78, 5) is 28.9. The maximum absolute atomic E-state index is 13.8. The lowest BCUT2D eigenvalue weighted by molar-refractivity contribution is -0.133. The number of methoxy groups -OCH3 is 1. The minimum atomic E-state index is -4.07. The van der Waals surface area contributed by atoms with Crippen LogP contribution in [0, 0.1) is 13.8 Å². The molecule has 9 heteroatoms. The topological polar surface area (TPSA) is 96.0 Å². The molecule has 3 aromatic rings. The van der Waals surface area contributed by atoms with E-state index in [0.29, 0.717) is 11.4 Å². The predicted octanol–water partition coefficient (Wildman–Crippen LogP) is 3.42. The van der Waals surface area contributed by atoms with E-state index >= 15 is 0 Å². The summed E-state index contributed by atoms with van der Waals surface area (Å²) in [5.74, 6) is -0.408. The van der Waals surface area contributed by atoms with Gasteiger partial charge in [-0.3, -0.25) is 14.5 Å². The number of hydrogen-bond acceptors (Lipinski definition) is 5. The summed E-state index contributed by atoms with van der Waals surface area (Å²) in [5, 5.41) is 2.92. The molecule has 2 amide bonds. The molecule has 0 aromatic heterocycles. The highest BCUT2D eigenvalue weighted by atomic mass is 32.2. The molecule has 1 fully saturated rings. The molecule has 4 rings (SSSR count). The maximum atomic E-state index is 13.8. The molecule has 0 radical (unpaired) electrons. The fourth-order valence-corrected chi connectivity index (χ4v) is 6.03. The molecule has 0 aliphatic carbocycles. The van der Waals surface area contributed by atoms with Gasteiger partial charge in [-0.2, -0.15) is 4.31 Å². The first-order valence-corrected chi connectivity index (χ1v) is 13.4. The van der Waals surface area contributed by atoms with Crippen molar-refractivity contribution >= 4 is 27.5 Å². The van der Waals surface area contributed by atoms with E-state index in [9.17, 15) is 18.0 Å². The Bertz CT molecular complexity index is 1410. The van der Waals surface area contributed by atoms with Gasteiger partial charge < -0.3 is 10.1 Å². The number of rotatable bonds is 7. The maximum Gasteiger partial charge on any atom is 0.247 e. The number of carbonyl (C=O) groups is 2. The van der Waals surface area contributed by atoms with Gasteiger partial charge in [0, 0.05) is 18.8 Å². The first-order chi connectivity index (χ1) is 17.6. The largest absolute Gasteiger partial charge is 0.497 e. The number of piperazine rings is 1. The molecule has 1 heterocycles. The molecular formula is C28H31N3O5S. The molecule has 1 aliphatic heterocycles. The Kier molecular flexibility index (Phi) is 7.38. The van der Waals surface area contributed by atoms with E-state index in [-0.39, 0.29) is 24.5 Å². The highest BCUT2D eigenvalue weighted by Crippen LogP contribution is 2.35. The molecule has 0 saturated carbocycles. The second kappa shape index (κ2) is 10.4. The minimum Gasteiger partial charge on any atom is -0.497 e. The summed E-state index contributed by atoms with van der Waals surface area (Å²) in [7, 11) is -2.57. The highest BCUT2D eigenvalue weighted by molar-refractivity contribution is 7.89. The van der Waals surface area contributed by atoms with Gasteiger partial charge in [0.1, 0.15) is 11.3 Å². The minimum absolute atomic E-state index is 0.0216. The summed E-state index contributed by atoms with van der Waals surface area (Å²) < 4.78 is 33.4. The lowest BCUT2D eigenvalue weighted by Gasteiger charge is -2.47. The standard InChI is InChI=1S/C28H31N3O5S/c1-20-9-8-12-25(21(20)2)31-26(32)18-30(37(34,35)24-15-13-23(36-4)14-16-24)19-28(31,3)27(33)29-17-22-10-6-5-7-11-22/h5-16H,17-19H2,1-4H3,(H,29,33). The Balaban J connectivity index is 1.73. The van der Waals surface area contributed by atoms with Gasteiger partial charge in [-0.1, -0.05) is 42.5 Å². The van der Waals surface area contributed by atoms with E-state index in [4.69, 9.17) is 4.74 Å². The quantitative estimate of drug-likeness (QED) is 0.514. The summed E-state index contributed by atoms with van der Waals surface area (Å²) in [6, 6.07) is 20.9. The lowest BCUT2D eigenvalue weighted by atomic mass is 9.93. The molecule has 8 nitrogen and oxygen atoms in total. The van der Waals surface area contributed by atoms with Crippen LogP contribution in [0.25, 0.3) is 0 Å². The third-order valence-corrected chi connectivity index (χ3v) is 8.64. The number of carbonyl (C=O) groups excluding carboxylic acids is 2. The number of aryl methyl sites for hydroxylation is 1. The summed E-state index contributed by atoms with van der Waals surface area (Å²) in [6.07, 6.45) is 0. The molecule has 1 saturated heterocycles. The summed E-state index contributed by atoms with van der Waals surface area (Å²) >= 11 is 0. The molecule has 3 aromatic carbocycles. The van der Waals surface area contributed by atoms with E-state index < -0.39 is 27.4 Å². The average molecular weight is 522 g/mol. The first kappa shape index (κ1) is 26.4. The monoisotopic (exact) mass is 521 g/mol. The van der Waals surface area contributed by atoms with Gasteiger partial charge in [0.2, 0.25) is 21.8 Å². The molecule has 194 valence electrons. The van der Waals surface area contributed by atoms with Crippen molar-refractivity contribution in [1.82, 2.24) is 9.62 Å². The zero-order valence-electron chi connectivity index (χ0n) is 21.4. The molecule has 1 unspecified atom stereocenters. The lowest BCUT2D eigenvalue weighted by Crippen LogP contribution is -2.70. The molecule has 1 atom stereocenters. The van der Waals surface area contributed by atoms with E-state index in [0.717, 1.165) is 21.0 Å². The van der Waals surface area contributed by atoms with E-state index in [1.807, 2.05) is 56.3 Å². The first-order valence-electron chi connectivity index (χ1n) is 11.9. The number of benzene rings is 3. The van der Waals surface area contributed by atoms with Crippen molar-refractivity contribution in [3.05, 3.63) is 89.5 Å². The van der Waals surface area contributed by atoms with Crippen LogP contribution in [0.3, 0.4) is 0 Å². The fraction of sp³-hybridized carbons (Fsp3) is 0.286. The van der Waals surface area contributed by atoms with Crippen LogP contribution in [0.2, 0.25) is 0 Å². The number of nitrogens with zero attached hydrogens (tertiary/aromatic N) is 2. The smallest absolute Gasteiger partial charge is 0.247 e. The zero-order chi connectivity index (χ0) is 26.8. The Morgan fingerprint density at radius 1 is 1.00 bits per heavy atom. The van der Waals surface area contributed by atoms with E-state index in [2.05, 4.69) is 5.32 Å². The number of hydrogen-bond donors (Lipinski definition) is 1. The number of ether oxygens (including phenoxy) is 1. The van der Waals surface area contributed by atoms with E-state index in [1.54, 1.807) is 25.1 Å². The van der Waals surface area contributed by atoms with Gasteiger partial charge in [-0.25, -0.2) is 8.42 Å². The second-order valence-corrected chi connectivity index (χ2v) is 11.3. The van der Waals surface area contributed by atoms with Gasteiger partial charge >= 0.3 is 0 Å². The van der Waals surface area contributed by atoms with E-state index in [1.165, 1.54) is 24.1 Å². The molecular weight excluding hydrogens is 490 g/mol. The number of sulfonamides is 1. The van der Waals surface area contributed by atoms with Crippen molar-refractivity contribution in [2.24, 2.45) is 0 Å². The van der Waals surface area contributed by atoms with Crippen molar-refractivity contribution in [2.45, 2.75) is 37.8 Å². The molecule has 37 heavy (non-hydrogen) atoms. The van der Waals surface area contributed by atoms with Crippen molar-refractivity contribution in [1.29, 1.82) is 0 Å². The van der Waals surface area contributed by atoms with Crippen molar-refractivity contribution < 1.29 is 22.7 Å². The molecule has 1 aliphatic rings. The zero-order valence-corrected chi connectivity index (χ0v) is 22.2. The van der Waals surface area contributed by atoms with Crippen LogP contribution in [0.5, 0.6) is 5.75 Å². The Morgan fingerprint density at radius 3 is 2.32 bits per heavy atom. The Labute approximate surface area is 217 Å². The predicted molar refractivity (Wildman–Crippen MR) is 142 cm³/mol. The van der Waals surface area contributed by atoms with Crippen LogP contribution in [-0.4, -0.2) is 50.3 Å². The van der Waals surface area contributed by atoms with Gasteiger partial charge in [0.15, 0.2) is 0 Å². The van der Waals surface area contributed by atoms with Crippen LogP contribution in [0.1, 0.15) is 23.6 Å². The van der Waals surface area contributed by atoms with Crippen molar-refractivity contribution in [3.8, 4) is 5.75 Å². The van der Waals surface area contributed by atoms with Crippen LogP contribution in [-0.2, 0) is 26.2 Å². The average Bonchev–Trinajstić information content (AvgIpc) is 2.89. The van der Waals surface area contributed by atoms with Crippen LogP contribution < -0.4 is 15.0 Å². The van der Waals surface area contributed by atoms with Crippen LogP contribution >= 0.6 is 0 Å². The SMILES string of the molecule is COc1ccc(S(=O)(=O)N2CC(=O)N(c3cccc(C)c3C)C(C)(C(=O)NCc3ccccc3)C2)cc1. The highest BCUT2D eigenvalue weighted by Gasteiger charge is 2.51. The van der Waals surface area contributed by atoms with Crippen LogP contribution in [0.15, 0.2) is 77.7 Å². The third-order valence-electron chi connectivity index (χ3n) is 6.84. The van der Waals surface area contributed by atoms with Gasteiger partial charge in [-0.05, 0) is 67.8 Å². The van der Waals surface area contributed by atoms with Gasteiger partial charge in [0.05, 0.1) is 18.6 Å². The Morgan fingerprint density at radius 2 is 1.68 bits per heavy atom.